The number of rotatable bonds is 10. The Kier molecular flexibility index (Phi) is 11.4. The lowest BCUT2D eigenvalue weighted by molar-refractivity contribution is 0.292. The number of nitrogens with one attached hydrogen (secondary N) is 3. The maximum absolute atomic E-state index is 4.75. The van der Waals surface area contributed by atoms with E-state index >= 15 is 0 Å². The van der Waals surface area contributed by atoms with Crippen molar-refractivity contribution < 1.29 is 0 Å². The van der Waals surface area contributed by atoms with Crippen LogP contribution in [0.15, 0.2) is 35.3 Å². The molecule has 0 aliphatic carbocycles. The van der Waals surface area contributed by atoms with Crippen LogP contribution in [0.5, 0.6) is 0 Å². The summed E-state index contributed by atoms with van der Waals surface area (Å²) in [5.41, 5.74) is 2.30. The van der Waals surface area contributed by atoms with Gasteiger partial charge in [0, 0.05) is 23.8 Å². The molecule has 1 unspecified atom stereocenters. The lowest BCUT2D eigenvalue weighted by Crippen LogP contribution is -2.42. The van der Waals surface area contributed by atoms with Crippen LogP contribution < -0.4 is 10.6 Å². The standard InChI is InChI=1S/C21H35N5.HI/c1-5-22-21(24-17(4)11-10-14-26(6-2)7-3)23-16-19-15-18-12-8-9-13-20(18)25-19;/h8-9,12-13,15,17,25H,5-7,10-11,14,16H2,1-4H3,(H2,22,23,24);1H. The molecular weight excluding hydrogens is 449 g/mol. The van der Waals surface area contributed by atoms with Gasteiger partial charge in [-0.3, -0.25) is 0 Å². The van der Waals surface area contributed by atoms with Crippen LogP contribution in [0, 0.1) is 0 Å². The largest absolute Gasteiger partial charge is 0.357 e. The fraction of sp³-hybridized carbons (Fsp3) is 0.571. The van der Waals surface area contributed by atoms with Crippen LogP contribution in [0.3, 0.4) is 0 Å². The zero-order valence-corrected chi connectivity index (χ0v) is 19.5. The summed E-state index contributed by atoms with van der Waals surface area (Å²) in [7, 11) is 0. The molecule has 1 atom stereocenters. The summed E-state index contributed by atoms with van der Waals surface area (Å²) in [6.45, 7) is 13.7. The number of hydrogen-bond acceptors (Lipinski definition) is 2. The summed E-state index contributed by atoms with van der Waals surface area (Å²) in [4.78, 5) is 10.7. The number of halogens is 1. The molecule has 0 saturated heterocycles. The summed E-state index contributed by atoms with van der Waals surface area (Å²) in [5.74, 6) is 0.890. The van der Waals surface area contributed by atoms with Gasteiger partial charge in [0.25, 0.3) is 0 Å². The van der Waals surface area contributed by atoms with Gasteiger partial charge in [-0.1, -0.05) is 32.0 Å². The van der Waals surface area contributed by atoms with E-state index in [0.717, 1.165) is 37.7 Å². The second-order valence-corrected chi connectivity index (χ2v) is 6.79. The first kappa shape index (κ1) is 23.8. The minimum atomic E-state index is 0. The van der Waals surface area contributed by atoms with Crippen molar-refractivity contribution >= 4 is 40.8 Å². The molecule has 1 aromatic heterocycles. The second-order valence-electron chi connectivity index (χ2n) is 6.79. The Morgan fingerprint density at radius 3 is 2.59 bits per heavy atom. The number of H-pyrrole nitrogens is 1. The SMILES string of the molecule is CCNC(=NCc1cc2ccccc2[nH]1)NC(C)CCCN(CC)CC.I. The van der Waals surface area contributed by atoms with Gasteiger partial charge in [0.05, 0.1) is 6.54 Å². The van der Waals surface area contributed by atoms with Gasteiger partial charge in [0.2, 0.25) is 0 Å². The van der Waals surface area contributed by atoms with E-state index in [4.69, 9.17) is 4.99 Å². The molecule has 2 aromatic rings. The van der Waals surface area contributed by atoms with E-state index in [1.807, 2.05) is 0 Å². The number of nitrogens with zero attached hydrogens (tertiary/aromatic N) is 2. The fourth-order valence-corrected chi connectivity index (χ4v) is 3.17. The van der Waals surface area contributed by atoms with Crippen molar-refractivity contribution in [2.45, 2.75) is 53.1 Å². The van der Waals surface area contributed by atoms with Gasteiger partial charge in [-0.25, -0.2) is 4.99 Å². The molecule has 3 N–H and O–H groups in total. The maximum Gasteiger partial charge on any atom is 0.191 e. The molecule has 0 amide bonds. The second kappa shape index (κ2) is 13.0. The monoisotopic (exact) mass is 485 g/mol. The van der Waals surface area contributed by atoms with Gasteiger partial charge in [-0.05, 0) is 63.8 Å². The minimum absolute atomic E-state index is 0. The highest BCUT2D eigenvalue weighted by Gasteiger charge is 2.07. The zero-order valence-electron chi connectivity index (χ0n) is 17.2. The molecular formula is C21H36IN5. The van der Waals surface area contributed by atoms with Crippen molar-refractivity contribution in [1.29, 1.82) is 0 Å². The highest BCUT2D eigenvalue weighted by atomic mass is 127. The molecule has 5 nitrogen and oxygen atoms in total. The number of fused-ring (bicyclic) bond motifs is 1. The highest BCUT2D eigenvalue weighted by molar-refractivity contribution is 14.0. The van der Waals surface area contributed by atoms with Crippen LogP contribution >= 0.6 is 24.0 Å². The van der Waals surface area contributed by atoms with Crippen molar-refractivity contribution in [2.75, 3.05) is 26.2 Å². The number of aliphatic imine (C=N–C) groups is 1. The smallest absolute Gasteiger partial charge is 0.191 e. The molecule has 0 aliphatic heterocycles. The molecule has 1 heterocycles. The zero-order chi connectivity index (χ0) is 18.8. The van der Waals surface area contributed by atoms with Gasteiger partial charge >= 0.3 is 0 Å². The van der Waals surface area contributed by atoms with Crippen molar-refractivity contribution in [3.8, 4) is 0 Å². The lowest BCUT2D eigenvalue weighted by atomic mass is 10.2. The molecule has 2 rings (SSSR count). The molecule has 6 heteroatoms. The first-order chi connectivity index (χ1) is 12.7. The first-order valence-electron chi connectivity index (χ1n) is 10.00. The van der Waals surface area contributed by atoms with Crippen molar-refractivity contribution in [1.82, 2.24) is 20.5 Å². The number of aromatic amines is 1. The number of para-hydroxylation sites is 1. The van der Waals surface area contributed by atoms with E-state index in [9.17, 15) is 0 Å². The van der Waals surface area contributed by atoms with E-state index in [0.29, 0.717) is 12.6 Å². The van der Waals surface area contributed by atoms with Crippen molar-refractivity contribution in [3.63, 3.8) is 0 Å². The van der Waals surface area contributed by atoms with Crippen LogP contribution in [0.25, 0.3) is 10.9 Å². The van der Waals surface area contributed by atoms with Gasteiger partial charge in [0.1, 0.15) is 0 Å². The Morgan fingerprint density at radius 1 is 1.19 bits per heavy atom. The predicted octanol–water partition coefficient (Wildman–Crippen LogP) is 4.35. The first-order valence-corrected chi connectivity index (χ1v) is 10.00. The highest BCUT2D eigenvalue weighted by Crippen LogP contribution is 2.15. The number of aromatic nitrogens is 1. The summed E-state index contributed by atoms with van der Waals surface area (Å²) in [5, 5.41) is 8.13. The Balaban J connectivity index is 0.00000364. The molecule has 152 valence electrons. The van der Waals surface area contributed by atoms with Gasteiger partial charge < -0.3 is 20.5 Å². The third kappa shape index (κ3) is 8.09. The van der Waals surface area contributed by atoms with Crippen molar-refractivity contribution in [2.24, 2.45) is 4.99 Å². The molecule has 0 fully saturated rings. The van der Waals surface area contributed by atoms with Crippen LogP contribution in [-0.4, -0.2) is 48.1 Å². The molecule has 27 heavy (non-hydrogen) atoms. The predicted molar refractivity (Wildman–Crippen MR) is 128 cm³/mol. The van der Waals surface area contributed by atoms with Gasteiger partial charge in [-0.15, -0.1) is 24.0 Å². The van der Waals surface area contributed by atoms with Crippen LogP contribution in [0.4, 0.5) is 0 Å². The Morgan fingerprint density at radius 2 is 1.93 bits per heavy atom. The lowest BCUT2D eigenvalue weighted by Gasteiger charge is -2.21. The van der Waals surface area contributed by atoms with Crippen LogP contribution in [0.1, 0.15) is 46.2 Å². The van der Waals surface area contributed by atoms with Crippen LogP contribution in [0.2, 0.25) is 0 Å². The normalized spacial score (nSPS) is 12.9. The summed E-state index contributed by atoms with van der Waals surface area (Å²) < 4.78 is 0. The minimum Gasteiger partial charge on any atom is -0.357 e. The number of guanidine groups is 1. The molecule has 0 radical (unpaired) electrons. The van der Waals surface area contributed by atoms with Gasteiger partial charge in [0.15, 0.2) is 5.96 Å². The molecule has 0 saturated carbocycles. The van der Waals surface area contributed by atoms with E-state index in [-0.39, 0.29) is 24.0 Å². The Hall–Kier alpha value is -1.28. The number of hydrogen-bond donors (Lipinski definition) is 3. The van der Waals surface area contributed by atoms with Crippen molar-refractivity contribution in [3.05, 3.63) is 36.0 Å². The van der Waals surface area contributed by atoms with Gasteiger partial charge in [-0.2, -0.15) is 0 Å². The Bertz CT molecular complexity index is 645. The third-order valence-corrected chi connectivity index (χ3v) is 4.73. The Labute approximate surface area is 181 Å². The summed E-state index contributed by atoms with van der Waals surface area (Å²) in [6, 6.07) is 10.9. The molecule has 0 aliphatic rings. The van der Waals surface area contributed by atoms with E-state index in [1.54, 1.807) is 0 Å². The molecule has 0 spiro atoms. The number of benzene rings is 1. The van der Waals surface area contributed by atoms with E-state index in [1.165, 1.54) is 23.9 Å². The quantitative estimate of drug-likeness (QED) is 0.267. The average molecular weight is 485 g/mol. The fourth-order valence-electron chi connectivity index (χ4n) is 3.17. The van der Waals surface area contributed by atoms with E-state index < -0.39 is 0 Å². The average Bonchev–Trinajstić information content (AvgIpc) is 3.06. The molecule has 1 aromatic carbocycles. The maximum atomic E-state index is 4.75. The topological polar surface area (TPSA) is 55.5 Å². The third-order valence-electron chi connectivity index (χ3n) is 4.73. The molecule has 0 bridgehead atoms. The van der Waals surface area contributed by atoms with E-state index in [2.05, 4.69) is 78.5 Å². The summed E-state index contributed by atoms with van der Waals surface area (Å²) >= 11 is 0. The summed E-state index contributed by atoms with van der Waals surface area (Å²) in [6.07, 6.45) is 2.35. The van der Waals surface area contributed by atoms with Crippen LogP contribution in [-0.2, 0) is 6.54 Å².